The Morgan fingerprint density at radius 1 is 1.38 bits per heavy atom. The highest BCUT2D eigenvalue weighted by Gasteiger charge is 2.34. The van der Waals surface area contributed by atoms with Gasteiger partial charge in [-0.15, -0.1) is 0 Å². The fourth-order valence-corrected chi connectivity index (χ4v) is 4.01. The zero-order chi connectivity index (χ0) is 19.2. The van der Waals surface area contributed by atoms with Crippen LogP contribution in [0, 0.1) is 10.1 Å². The zero-order valence-corrected chi connectivity index (χ0v) is 14.7. The highest BCUT2D eigenvalue weighted by molar-refractivity contribution is 7.22. The van der Waals surface area contributed by atoms with E-state index >= 15 is 0 Å². The van der Waals surface area contributed by atoms with Crippen LogP contribution in [-0.2, 0) is 6.18 Å². The van der Waals surface area contributed by atoms with Crippen molar-refractivity contribution in [2.45, 2.75) is 18.6 Å². The summed E-state index contributed by atoms with van der Waals surface area (Å²) in [5.41, 5.74) is -2.86. The van der Waals surface area contributed by atoms with Crippen LogP contribution in [0.4, 0.5) is 24.0 Å². The maximum absolute atomic E-state index is 13.0. The molecule has 3 rings (SSSR count). The lowest BCUT2D eigenvalue weighted by Crippen LogP contribution is -2.32. The molecule has 1 saturated heterocycles. The maximum Gasteiger partial charge on any atom is 0.416 e. The third-order valence-corrected chi connectivity index (χ3v) is 5.54. The number of rotatable bonds is 3. The molecule has 0 bridgehead atoms. The molecule has 11 heteroatoms. The van der Waals surface area contributed by atoms with Crippen LogP contribution in [0.1, 0.15) is 12.0 Å². The van der Waals surface area contributed by atoms with Crippen molar-refractivity contribution < 1.29 is 18.1 Å². The molecule has 0 spiro atoms. The van der Waals surface area contributed by atoms with E-state index in [-0.39, 0.29) is 21.3 Å². The van der Waals surface area contributed by atoms with Gasteiger partial charge in [0.25, 0.3) is 11.2 Å². The van der Waals surface area contributed by atoms with Gasteiger partial charge in [0, 0.05) is 25.2 Å². The number of halogens is 3. The Morgan fingerprint density at radius 3 is 2.62 bits per heavy atom. The number of likely N-dealkylation sites (N-methyl/N-ethyl adjacent to an activating group) is 1. The summed E-state index contributed by atoms with van der Waals surface area (Å²) in [5, 5.41) is 11.2. The van der Waals surface area contributed by atoms with Crippen LogP contribution in [0.25, 0.3) is 10.1 Å². The molecule has 1 atom stereocenters. The van der Waals surface area contributed by atoms with Gasteiger partial charge in [-0.1, -0.05) is 11.3 Å². The molecule has 7 nitrogen and oxygen atoms in total. The van der Waals surface area contributed by atoms with Gasteiger partial charge in [-0.25, -0.2) is 0 Å². The van der Waals surface area contributed by atoms with Gasteiger partial charge in [0.1, 0.15) is 4.70 Å². The monoisotopic (exact) mass is 388 g/mol. The number of nitro groups is 1. The number of nitrogens with zero attached hydrogens (tertiary/aromatic N) is 4. The van der Waals surface area contributed by atoms with Crippen LogP contribution in [0.2, 0.25) is 0 Å². The molecule has 140 valence electrons. The fourth-order valence-electron chi connectivity index (χ4n) is 2.91. The Kier molecular flexibility index (Phi) is 4.61. The highest BCUT2D eigenvalue weighted by Crippen LogP contribution is 2.38. The Bertz CT molecular complexity index is 929. The molecule has 0 radical (unpaired) electrons. The molecule has 0 amide bonds. The van der Waals surface area contributed by atoms with Gasteiger partial charge in [-0.3, -0.25) is 14.9 Å². The standard InChI is InChI=1S/C15H15F3N4O3S/c1-20(2)9-3-4-21(7-9)14-19-13(23)10-5-8(15(16,17)18)6-11(22(24)25)12(10)26-14/h5-6,9H,3-4,7H2,1-2H3. The molecule has 26 heavy (non-hydrogen) atoms. The fraction of sp³-hybridized carbons (Fsp3) is 0.467. The van der Waals surface area contributed by atoms with E-state index in [0.717, 1.165) is 17.8 Å². The van der Waals surface area contributed by atoms with E-state index in [1.165, 1.54) is 0 Å². The summed E-state index contributed by atoms with van der Waals surface area (Å²) < 4.78 is 38.8. The van der Waals surface area contributed by atoms with Crippen molar-refractivity contribution in [1.29, 1.82) is 0 Å². The van der Waals surface area contributed by atoms with Crippen molar-refractivity contribution in [2.24, 2.45) is 0 Å². The number of hydrogen-bond acceptors (Lipinski definition) is 7. The molecule has 0 aliphatic carbocycles. The van der Waals surface area contributed by atoms with Crippen LogP contribution in [0.3, 0.4) is 0 Å². The molecule has 1 aromatic carbocycles. The quantitative estimate of drug-likeness (QED) is 0.594. The van der Waals surface area contributed by atoms with E-state index in [1.54, 1.807) is 0 Å². The summed E-state index contributed by atoms with van der Waals surface area (Å²) in [6.07, 6.45) is -3.95. The van der Waals surface area contributed by atoms with Crippen LogP contribution in [-0.4, -0.2) is 48.0 Å². The highest BCUT2D eigenvalue weighted by atomic mass is 32.1. The lowest BCUT2D eigenvalue weighted by molar-refractivity contribution is -0.383. The number of anilines is 1. The minimum atomic E-state index is -4.79. The largest absolute Gasteiger partial charge is 0.416 e. The van der Waals surface area contributed by atoms with E-state index in [4.69, 9.17) is 0 Å². The summed E-state index contributed by atoms with van der Waals surface area (Å²) >= 11 is 0.874. The predicted octanol–water partition coefficient (Wildman–Crippen LogP) is 2.72. The van der Waals surface area contributed by atoms with Crippen molar-refractivity contribution in [3.63, 3.8) is 0 Å². The average molecular weight is 388 g/mol. The first kappa shape index (κ1) is 18.5. The molecule has 0 N–H and O–H groups in total. The van der Waals surface area contributed by atoms with Crippen LogP contribution >= 0.6 is 11.3 Å². The van der Waals surface area contributed by atoms with E-state index in [1.807, 2.05) is 23.9 Å². The second-order valence-corrected chi connectivity index (χ2v) is 7.26. The number of hydrogen-bond donors (Lipinski definition) is 0. The first-order valence-corrected chi connectivity index (χ1v) is 8.51. The number of alkyl halides is 3. The lowest BCUT2D eigenvalue weighted by atomic mass is 10.1. The van der Waals surface area contributed by atoms with Gasteiger partial charge >= 0.3 is 6.18 Å². The SMILES string of the molecule is CN(C)C1CCN(c2nc(=O)c3cc(C(F)(F)F)cc([N+](=O)[O-])c3s2)C1. The Balaban J connectivity index is 2.15. The molecule has 1 aromatic heterocycles. The Labute approximate surface area is 149 Å². The number of benzene rings is 1. The van der Waals surface area contributed by atoms with E-state index in [2.05, 4.69) is 4.98 Å². The molecule has 2 aromatic rings. The van der Waals surface area contributed by atoms with Gasteiger partial charge in [0.2, 0.25) is 0 Å². The van der Waals surface area contributed by atoms with Gasteiger partial charge in [0.15, 0.2) is 5.13 Å². The molecule has 2 heterocycles. The summed E-state index contributed by atoms with van der Waals surface area (Å²) in [4.78, 5) is 30.4. The Hall–Kier alpha value is -2.27. The number of nitro benzene ring substituents is 1. The van der Waals surface area contributed by atoms with Crippen molar-refractivity contribution in [2.75, 3.05) is 32.1 Å². The number of fused-ring (bicyclic) bond motifs is 1. The average Bonchev–Trinajstić information content (AvgIpc) is 3.03. The third-order valence-electron chi connectivity index (χ3n) is 4.38. The summed E-state index contributed by atoms with van der Waals surface area (Å²) in [5.74, 6) is 0. The van der Waals surface area contributed by atoms with E-state index in [9.17, 15) is 28.1 Å². The minimum Gasteiger partial charge on any atom is -0.346 e. The van der Waals surface area contributed by atoms with Gasteiger partial charge < -0.3 is 9.80 Å². The molecule has 0 saturated carbocycles. The smallest absolute Gasteiger partial charge is 0.346 e. The number of aromatic nitrogens is 1. The van der Waals surface area contributed by atoms with Crippen LogP contribution in [0.5, 0.6) is 0 Å². The molecular weight excluding hydrogens is 373 g/mol. The summed E-state index contributed by atoms with van der Waals surface area (Å²) in [7, 11) is 3.85. The molecule has 1 unspecified atom stereocenters. The normalized spacial score (nSPS) is 18.1. The predicted molar refractivity (Wildman–Crippen MR) is 91.9 cm³/mol. The molecule has 1 aliphatic rings. The van der Waals surface area contributed by atoms with Crippen LogP contribution < -0.4 is 10.5 Å². The third kappa shape index (κ3) is 3.36. The Morgan fingerprint density at radius 2 is 2.08 bits per heavy atom. The van der Waals surface area contributed by atoms with Crippen molar-refractivity contribution in [3.05, 3.63) is 38.2 Å². The van der Waals surface area contributed by atoms with Gasteiger partial charge in [-0.05, 0) is 26.6 Å². The topological polar surface area (TPSA) is 79.6 Å². The zero-order valence-electron chi connectivity index (χ0n) is 13.9. The molecule has 1 aliphatic heterocycles. The van der Waals surface area contributed by atoms with E-state index < -0.39 is 27.9 Å². The maximum atomic E-state index is 13.0. The van der Waals surface area contributed by atoms with Crippen LogP contribution in [0.15, 0.2) is 16.9 Å². The van der Waals surface area contributed by atoms with Crippen molar-refractivity contribution >= 4 is 32.2 Å². The van der Waals surface area contributed by atoms with Crippen molar-refractivity contribution in [3.8, 4) is 0 Å². The lowest BCUT2D eigenvalue weighted by Gasteiger charge is -2.20. The number of non-ortho nitro benzene ring substituents is 1. The summed E-state index contributed by atoms with van der Waals surface area (Å²) in [6, 6.07) is 1.34. The van der Waals surface area contributed by atoms with Crippen molar-refractivity contribution in [1.82, 2.24) is 9.88 Å². The van der Waals surface area contributed by atoms with E-state index in [0.29, 0.717) is 25.2 Å². The molecule has 1 fully saturated rings. The first-order chi connectivity index (χ1) is 12.1. The van der Waals surface area contributed by atoms with Gasteiger partial charge in [0.05, 0.1) is 15.9 Å². The minimum absolute atomic E-state index is 0.0914. The second-order valence-electron chi connectivity index (χ2n) is 6.28. The second kappa shape index (κ2) is 6.47. The first-order valence-electron chi connectivity index (χ1n) is 7.70. The van der Waals surface area contributed by atoms with Gasteiger partial charge in [-0.2, -0.15) is 18.2 Å². The summed E-state index contributed by atoms with van der Waals surface area (Å²) in [6.45, 7) is 1.21. The molecular formula is C15H15F3N4O3S.